The van der Waals surface area contributed by atoms with Crippen LogP contribution in [0.15, 0.2) is 65.7 Å². The molecule has 2 aromatic carbocycles. The fourth-order valence-corrected chi connectivity index (χ4v) is 2.90. The van der Waals surface area contributed by atoms with Gasteiger partial charge in [-0.2, -0.15) is 0 Å². The van der Waals surface area contributed by atoms with Crippen LogP contribution in [0.5, 0.6) is 0 Å². The second-order valence-corrected chi connectivity index (χ2v) is 6.57. The van der Waals surface area contributed by atoms with Gasteiger partial charge in [-0.1, -0.05) is 36.4 Å². The molecule has 5 nitrogen and oxygen atoms in total. The van der Waals surface area contributed by atoms with E-state index in [4.69, 9.17) is 0 Å². The molecule has 0 unspecified atom stereocenters. The van der Waals surface area contributed by atoms with Crippen LogP contribution in [0.3, 0.4) is 0 Å². The van der Waals surface area contributed by atoms with E-state index >= 15 is 0 Å². The van der Waals surface area contributed by atoms with E-state index in [1.165, 1.54) is 0 Å². The number of nitrogens with zero attached hydrogens (tertiary/aromatic N) is 2. The number of benzene rings is 2. The molecule has 130 valence electrons. The highest BCUT2D eigenvalue weighted by Gasteiger charge is 2.24. The van der Waals surface area contributed by atoms with Crippen molar-refractivity contribution in [2.75, 3.05) is 0 Å². The summed E-state index contributed by atoms with van der Waals surface area (Å²) in [5.74, 6) is -0.0980. The highest BCUT2D eigenvalue weighted by Crippen LogP contribution is 2.21. The minimum Gasteiger partial charge on any atom is -0.349 e. The molecule has 3 aromatic rings. The summed E-state index contributed by atoms with van der Waals surface area (Å²) in [4.78, 5) is 29.6. The number of carbonyl (C=O) groups is 1. The van der Waals surface area contributed by atoms with Crippen LogP contribution in [0, 0.1) is 6.92 Å². The summed E-state index contributed by atoms with van der Waals surface area (Å²) in [5, 5.41) is 2.98. The van der Waals surface area contributed by atoms with Gasteiger partial charge in [0.1, 0.15) is 5.69 Å². The quantitative estimate of drug-likeness (QED) is 0.790. The molecule has 1 heterocycles. The second-order valence-electron chi connectivity index (χ2n) is 6.57. The molecule has 1 amide bonds. The first-order valence-electron chi connectivity index (χ1n) is 8.68. The minimum atomic E-state index is -0.207. The molecule has 1 aromatic heterocycles. The topological polar surface area (TPSA) is 64.0 Å². The summed E-state index contributed by atoms with van der Waals surface area (Å²) in [7, 11) is 0. The van der Waals surface area contributed by atoms with E-state index in [1.807, 2.05) is 43.3 Å². The maximum Gasteiger partial charge on any atom is 0.281 e. The van der Waals surface area contributed by atoms with Gasteiger partial charge in [-0.05, 0) is 37.5 Å². The summed E-state index contributed by atoms with van der Waals surface area (Å²) in [6, 6.07) is 15.1. The Hall–Kier alpha value is -3.21. The van der Waals surface area contributed by atoms with Gasteiger partial charge in [0.2, 0.25) is 0 Å². The smallest absolute Gasteiger partial charge is 0.281 e. The Morgan fingerprint density at radius 3 is 2.65 bits per heavy atom. The van der Waals surface area contributed by atoms with Crippen molar-refractivity contribution in [3.8, 4) is 16.9 Å². The van der Waals surface area contributed by atoms with Gasteiger partial charge in [-0.25, -0.2) is 4.98 Å². The maximum absolute atomic E-state index is 13.0. The lowest BCUT2D eigenvalue weighted by Crippen LogP contribution is -2.26. The zero-order valence-corrected chi connectivity index (χ0v) is 14.5. The molecule has 0 bridgehead atoms. The SMILES string of the molecule is Cc1ccc(C(=O)NC2CC2)cc1-n1ccnc(-c2ccccc2)c1=O. The Kier molecular flexibility index (Phi) is 4.13. The first kappa shape index (κ1) is 16.3. The van der Waals surface area contributed by atoms with Crippen LogP contribution < -0.4 is 10.9 Å². The molecule has 4 rings (SSSR count). The monoisotopic (exact) mass is 345 g/mol. The third-order valence-electron chi connectivity index (χ3n) is 4.53. The van der Waals surface area contributed by atoms with Crippen LogP contribution in [0.1, 0.15) is 28.8 Å². The number of hydrogen-bond acceptors (Lipinski definition) is 3. The van der Waals surface area contributed by atoms with Crippen molar-refractivity contribution in [2.24, 2.45) is 0 Å². The van der Waals surface area contributed by atoms with Gasteiger partial charge in [0.25, 0.3) is 11.5 Å². The molecule has 0 aliphatic heterocycles. The van der Waals surface area contributed by atoms with E-state index in [9.17, 15) is 9.59 Å². The molecule has 26 heavy (non-hydrogen) atoms. The normalized spacial score (nSPS) is 13.4. The number of hydrogen-bond donors (Lipinski definition) is 1. The number of nitrogens with one attached hydrogen (secondary N) is 1. The van der Waals surface area contributed by atoms with Crippen molar-refractivity contribution >= 4 is 5.91 Å². The molecule has 0 spiro atoms. The average Bonchev–Trinajstić information content (AvgIpc) is 3.47. The highest BCUT2D eigenvalue weighted by molar-refractivity contribution is 5.95. The molecule has 1 aliphatic carbocycles. The number of aromatic nitrogens is 2. The van der Waals surface area contributed by atoms with Crippen molar-refractivity contribution in [1.29, 1.82) is 0 Å². The van der Waals surface area contributed by atoms with Crippen LogP contribution in [-0.2, 0) is 0 Å². The molecule has 0 radical (unpaired) electrons. The fraction of sp³-hybridized carbons (Fsp3) is 0.190. The summed E-state index contributed by atoms with van der Waals surface area (Å²) in [6.07, 6.45) is 5.32. The molecule has 0 atom stereocenters. The standard InChI is InChI=1S/C21H19N3O2/c1-14-7-8-16(20(25)23-17-9-10-17)13-18(14)24-12-11-22-19(21(24)26)15-5-3-2-4-6-15/h2-8,11-13,17H,9-10H2,1H3,(H,23,25). The van der Waals surface area contributed by atoms with E-state index in [0.29, 0.717) is 23.0 Å². The number of carbonyl (C=O) groups excluding carboxylic acids is 1. The first-order valence-corrected chi connectivity index (χ1v) is 8.68. The Morgan fingerprint density at radius 1 is 1.15 bits per heavy atom. The highest BCUT2D eigenvalue weighted by atomic mass is 16.1. The molecule has 1 aliphatic rings. The van der Waals surface area contributed by atoms with Gasteiger partial charge in [-0.15, -0.1) is 0 Å². The van der Waals surface area contributed by atoms with Crippen LogP contribution in [0.4, 0.5) is 0 Å². The van der Waals surface area contributed by atoms with E-state index in [-0.39, 0.29) is 11.5 Å². The van der Waals surface area contributed by atoms with E-state index in [0.717, 1.165) is 24.0 Å². The van der Waals surface area contributed by atoms with E-state index < -0.39 is 0 Å². The molecule has 1 fully saturated rings. The third kappa shape index (κ3) is 3.16. The van der Waals surface area contributed by atoms with Crippen molar-refractivity contribution in [1.82, 2.24) is 14.9 Å². The van der Waals surface area contributed by atoms with Crippen molar-refractivity contribution in [3.05, 3.63) is 82.4 Å². The van der Waals surface area contributed by atoms with Gasteiger partial charge >= 0.3 is 0 Å². The summed E-state index contributed by atoms with van der Waals surface area (Å²) >= 11 is 0. The Labute approximate surface area is 151 Å². The number of amides is 1. The largest absolute Gasteiger partial charge is 0.349 e. The van der Waals surface area contributed by atoms with Gasteiger partial charge in [0, 0.05) is 29.6 Å². The van der Waals surface area contributed by atoms with E-state index in [2.05, 4.69) is 10.3 Å². The molecule has 0 saturated heterocycles. The Morgan fingerprint density at radius 2 is 1.92 bits per heavy atom. The lowest BCUT2D eigenvalue weighted by molar-refractivity contribution is 0.0951. The molecular formula is C21H19N3O2. The molecule has 1 saturated carbocycles. The van der Waals surface area contributed by atoms with Gasteiger partial charge in [0.05, 0.1) is 5.69 Å². The molecule has 1 N–H and O–H groups in total. The third-order valence-corrected chi connectivity index (χ3v) is 4.53. The molecular weight excluding hydrogens is 326 g/mol. The van der Waals surface area contributed by atoms with Crippen molar-refractivity contribution < 1.29 is 4.79 Å². The zero-order chi connectivity index (χ0) is 18.1. The predicted molar refractivity (Wildman–Crippen MR) is 100 cm³/mol. The van der Waals surface area contributed by atoms with E-state index in [1.54, 1.807) is 29.1 Å². The molecule has 5 heteroatoms. The zero-order valence-electron chi connectivity index (χ0n) is 14.5. The van der Waals surface area contributed by atoms with Gasteiger partial charge in [0.15, 0.2) is 0 Å². The van der Waals surface area contributed by atoms with Gasteiger partial charge < -0.3 is 5.32 Å². The van der Waals surface area contributed by atoms with Crippen molar-refractivity contribution in [2.45, 2.75) is 25.8 Å². The fourth-order valence-electron chi connectivity index (χ4n) is 2.90. The van der Waals surface area contributed by atoms with Crippen LogP contribution in [0.25, 0.3) is 16.9 Å². The maximum atomic E-state index is 13.0. The number of aryl methyl sites for hydroxylation is 1. The van der Waals surface area contributed by atoms with Crippen LogP contribution in [0.2, 0.25) is 0 Å². The lowest BCUT2D eigenvalue weighted by atomic mass is 10.1. The predicted octanol–water partition coefficient (Wildman–Crippen LogP) is 3.10. The van der Waals surface area contributed by atoms with Crippen molar-refractivity contribution in [3.63, 3.8) is 0 Å². The van der Waals surface area contributed by atoms with Crippen LogP contribution in [-0.4, -0.2) is 21.5 Å². The van der Waals surface area contributed by atoms with Gasteiger partial charge in [-0.3, -0.25) is 14.2 Å². The minimum absolute atomic E-state index is 0.0980. The Balaban J connectivity index is 1.78. The van der Waals surface area contributed by atoms with Crippen LogP contribution >= 0.6 is 0 Å². The lowest BCUT2D eigenvalue weighted by Gasteiger charge is -2.12. The summed E-state index contributed by atoms with van der Waals surface area (Å²) in [6.45, 7) is 1.92. The summed E-state index contributed by atoms with van der Waals surface area (Å²) < 4.78 is 1.55. The number of rotatable bonds is 4. The first-order chi connectivity index (χ1) is 12.6. The average molecular weight is 345 g/mol. The Bertz CT molecular complexity index is 1020. The second kappa shape index (κ2) is 6.59. The summed E-state index contributed by atoms with van der Waals surface area (Å²) in [5.41, 5.74) is 3.12.